The lowest BCUT2D eigenvalue weighted by Crippen LogP contribution is -2.07. The largest absolute Gasteiger partial charge is 0.462 e. The van der Waals surface area contributed by atoms with Gasteiger partial charge >= 0.3 is 5.97 Å². The number of nitriles is 1. The molecule has 0 saturated carbocycles. The van der Waals surface area contributed by atoms with Gasteiger partial charge in [0, 0.05) is 6.07 Å². The molecule has 1 aromatic rings. The average molecular weight is 192 g/mol. The van der Waals surface area contributed by atoms with E-state index in [1.54, 1.807) is 13.0 Å². The Labute approximate surface area is 80.7 Å². The zero-order chi connectivity index (χ0) is 10.6. The molecule has 0 aliphatic carbocycles. The van der Waals surface area contributed by atoms with Crippen molar-refractivity contribution in [3.8, 4) is 6.07 Å². The maximum atomic E-state index is 12.6. The number of carbonyl (C=O) groups is 1. The summed E-state index contributed by atoms with van der Waals surface area (Å²) in [5.74, 6) is -1.31. The molecule has 0 aliphatic heterocycles. The van der Waals surface area contributed by atoms with Gasteiger partial charge < -0.3 is 4.74 Å². The van der Waals surface area contributed by atoms with Gasteiger partial charge in [0.2, 0.25) is 0 Å². The zero-order valence-corrected chi connectivity index (χ0v) is 7.50. The van der Waals surface area contributed by atoms with Crippen molar-refractivity contribution < 1.29 is 13.9 Å². The van der Waals surface area contributed by atoms with Crippen LogP contribution >= 0.6 is 0 Å². The Kier molecular flexibility index (Phi) is 3.19. The van der Waals surface area contributed by atoms with E-state index in [0.717, 1.165) is 12.1 Å². The van der Waals surface area contributed by atoms with Crippen LogP contribution in [0.15, 0.2) is 12.1 Å². The molecule has 0 unspecified atom stereocenters. The topological polar surface area (TPSA) is 50.1 Å². The molecule has 3 nitrogen and oxygen atoms in total. The van der Waals surface area contributed by atoms with Crippen LogP contribution in [0.4, 0.5) is 4.39 Å². The van der Waals surface area contributed by atoms with Crippen LogP contribution in [0.1, 0.15) is 22.8 Å². The summed E-state index contributed by atoms with van der Waals surface area (Å²) >= 11 is 0. The normalized spacial score (nSPS) is 9.21. The number of halogens is 1. The molecular weight excluding hydrogens is 185 g/mol. The molecule has 1 aromatic carbocycles. The number of hydrogen-bond donors (Lipinski definition) is 0. The van der Waals surface area contributed by atoms with Gasteiger partial charge in [0.25, 0.3) is 0 Å². The number of ether oxygens (including phenoxy) is 1. The molecule has 0 saturated heterocycles. The van der Waals surface area contributed by atoms with Gasteiger partial charge in [-0.25, -0.2) is 9.18 Å². The molecule has 0 aliphatic rings. The molecule has 71 valence electrons. The second kappa shape index (κ2) is 4.38. The summed E-state index contributed by atoms with van der Waals surface area (Å²) in [5.41, 5.74) is -0.00421. The Morgan fingerprint density at radius 2 is 2.50 bits per heavy atom. The van der Waals surface area contributed by atoms with Gasteiger partial charge in [-0.1, -0.05) is 0 Å². The third kappa shape index (κ3) is 2.07. The minimum Gasteiger partial charge on any atom is -0.462 e. The molecule has 0 aromatic heterocycles. The standard InChI is InChI=1S/C10H7FNO2/c1-2-14-10(13)9-4-3-8(11)5-7(9)6-12/h4-5H,2H2,1H3. The SMILES string of the molecule is CCOC(=O)c1c[c]c(F)cc1C#N. The number of nitrogens with zero attached hydrogens (tertiary/aromatic N) is 1. The van der Waals surface area contributed by atoms with Crippen LogP contribution in [-0.4, -0.2) is 12.6 Å². The molecule has 0 spiro atoms. The van der Waals surface area contributed by atoms with Crippen molar-refractivity contribution in [3.63, 3.8) is 0 Å². The maximum absolute atomic E-state index is 12.6. The average Bonchev–Trinajstić information content (AvgIpc) is 2.17. The van der Waals surface area contributed by atoms with E-state index in [2.05, 4.69) is 10.8 Å². The summed E-state index contributed by atoms with van der Waals surface area (Å²) in [6.45, 7) is 1.86. The molecule has 0 atom stereocenters. The van der Waals surface area contributed by atoms with Crippen molar-refractivity contribution in [2.45, 2.75) is 6.92 Å². The van der Waals surface area contributed by atoms with E-state index in [0.29, 0.717) is 0 Å². The first-order chi connectivity index (χ1) is 6.69. The highest BCUT2D eigenvalue weighted by Gasteiger charge is 2.12. The van der Waals surface area contributed by atoms with Crippen LogP contribution in [0.2, 0.25) is 0 Å². The lowest BCUT2D eigenvalue weighted by Gasteiger charge is -2.02. The van der Waals surface area contributed by atoms with Crippen molar-refractivity contribution in [1.29, 1.82) is 5.26 Å². The van der Waals surface area contributed by atoms with E-state index in [-0.39, 0.29) is 17.7 Å². The first-order valence-electron chi connectivity index (χ1n) is 3.97. The summed E-state index contributed by atoms with van der Waals surface area (Å²) in [5, 5.41) is 8.62. The monoisotopic (exact) mass is 192 g/mol. The van der Waals surface area contributed by atoms with Crippen molar-refractivity contribution in [1.82, 2.24) is 0 Å². The fourth-order valence-corrected chi connectivity index (χ4v) is 0.935. The maximum Gasteiger partial charge on any atom is 0.339 e. The van der Waals surface area contributed by atoms with Gasteiger partial charge in [0.15, 0.2) is 0 Å². The molecule has 0 amide bonds. The van der Waals surface area contributed by atoms with E-state index >= 15 is 0 Å². The van der Waals surface area contributed by atoms with Gasteiger partial charge in [0.1, 0.15) is 11.9 Å². The third-order valence-corrected chi connectivity index (χ3v) is 1.53. The van der Waals surface area contributed by atoms with Gasteiger partial charge in [-0.15, -0.1) is 0 Å². The Morgan fingerprint density at radius 3 is 3.07 bits per heavy atom. The van der Waals surface area contributed by atoms with Gasteiger partial charge in [-0.3, -0.25) is 0 Å². The molecule has 4 heteroatoms. The number of esters is 1. The highest BCUT2D eigenvalue weighted by Crippen LogP contribution is 2.10. The van der Waals surface area contributed by atoms with E-state index in [4.69, 9.17) is 5.26 Å². The van der Waals surface area contributed by atoms with E-state index < -0.39 is 11.8 Å². The van der Waals surface area contributed by atoms with Crippen LogP contribution in [0.25, 0.3) is 0 Å². The molecule has 0 fully saturated rings. The molecule has 1 radical (unpaired) electrons. The molecular formula is C10H7FNO2. The summed E-state index contributed by atoms with van der Waals surface area (Å²) in [6.07, 6.45) is 0. The van der Waals surface area contributed by atoms with Gasteiger partial charge in [-0.2, -0.15) is 5.26 Å². The molecule has 0 bridgehead atoms. The van der Waals surface area contributed by atoms with Crippen LogP contribution in [-0.2, 0) is 4.74 Å². The minimum atomic E-state index is -0.672. The predicted octanol–water partition coefficient (Wildman–Crippen LogP) is 1.67. The number of hydrogen-bond acceptors (Lipinski definition) is 3. The van der Waals surface area contributed by atoms with E-state index in [1.165, 1.54) is 0 Å². The number of benzene rings is 1. The summed E-state index contributed by atoms with van der Waals surface area (Å²) < 4.78 is 17.3. The predicted molar refractivity (Wildman–Crippen MR) is 45.9 cm³/mol. The highest BCUT2D eigenvalue weighted by molar-refractivity contribution is 5.92. The van der Waals surface area contributed by atoms with Crippen molar-refractivity contribution in [2.24, 2.45) is 0 Å². The van der Waals surface area contributed by atoms with Crippen molar-refractivity contribution >= 4 is 5.97 Å². The second-order valence-corrected chi connectivity index (χ2v) is 2.44. The smallest absolute Gasteiger partial charge is 0.339 e. The van der Waals surface area contributed by atoms with Gasteiger partial charge in [-0.05, 0) is 19.1 Å². The van der Waals surface area contributed by atoms with Crippen molar-refractivity contribution in [2.75, 3.05) is 6.61 Å². The summed E-state index contributed by atoms with van der Waals surface area (Å²) in [4.78, 5) is 11.2. The third-order valence-electron chi connectivity index (χ3n) is 1.53. The second-order valence-electron chi connectivity index (χ2n) is 2.44. The number of rotatable bonds is 2. The molecule has 1 rings (SSSR count). The Hall–Kier alpha value is -1.89. The fraction of sp³-hybridized carbons (Fsp3) is 0.200. The van der Waals surface area contributed by atoms with Gasteiger partial charge in [0.05, 0.1) is 17.7 Å². The summed E-state index contributed by atoms with van der Waals surface area (Å²) in [6, 6.07) is 5.98. The minimum absolute atomic E-state index is 0.0377. The van der Waals surface area contributed by atoms with E-state index in [9.17, 15) is 9.18 Å². The quantitative estimate of drug-likeness (QED) is 0.670. The lowest BCUT2D eigenvalue weighted by atomic mass is 10.1. The summed E-state index contributed by atoms with van der Waals surface area (Å²) in [7, 11) is 0. The van der Waals surface area contributed by atoms with Crippen LogP contribution in [0, 0.1) is 23.2 Å². The van der Waals surface area contributed by atoms with Crippen LogP contribution in [0.5, 0.6) is 0 Å². The van der Waals surface area contributed by atoms with Crippen LogP contribution < -0.4 is 0 Å². The number of carbonyl (C=O) groups excluding carboxylic acids is 1. The Morgan fingerprint density at radius 1 is 1.79 bits per heavy atom. The lowest BCUT2D eigenvalue weighted by molar-refractivity contribution is 0.0526. The van der Waals surface area contributed by atoms with E-state index in [1.807, 2.05) is 0 Å². The Bertz CT molecular complexity index is 396. The van der Waals surface area contributed by atoms with Crippen LogP contribution in [0.3, 0.4) is 0 Å². The molecule has 0 heterocycles. The van der Waals surface area contributed by atoms with Crippen molar-refractivity contribution in [3.05, 3.63) is 35.1 Å². The zero-order valence-electron chi connectivity index (χ0n) is 7.50. The first kappa shape index (κ1) is 10.2. The fourth-order valence-electron chi connectivity index (χ4n) is 0.935. The first-order valence-corrected chi connectivity index (χ1v) is 3.97. The molecule has 14 heavy (non-hydrogen) atoms. The molecule has 0 N–H and O–H groups in total. The highest BCUT2D eigenvalue weighted by atomic mass is 19.1. The Balaban J connectivity index is 3.09.